The molecule has 2 unspecified atom stereocenters. The van der Waals surface area contributed by atoms with Crippen molar-refractivity contribution >= 4 is 5.97 Å². The van der Waals surface area contributed by atoms with Crippen LogP contribution in [0.3, 0.4) is 0 Å². The van der Waals surface area contributed by atoms with Crippen molar-refractivity contribution in [1.29, 1.82) is 0 Å². The van der Waals surface area contributed by atoms with Crippen LogP contribution in [0.4, 0.5) is 13.2 Å². The van der Waals surface area contributed by atoms with Crippen molar-refractivity contribution in [1.82, 2.24) is 4.90 Å². The van der Waals surface area contributed by atoms with Gasteiger partial charge in [-0.3, -0.25) is 9.69 Å². The highest BCUT2D eigenvalue weighted by Crippen LogP contribution is 2.33. The zero-order valence-electron chi connectivity index (χ0n) is 10.00. The average molecular weight is 253 g/mol. The first-order valence-corrected chi connectivity index (χ1v) is 5.77. The second-order valence-corrected chi connectivity index (χ2v) is 4.82. The second-order valence-electron chi connectivity index (χ2n) is 4.82. The van der Waals surface area contributed by atoms with Gasteiger partial charge in [0.1, 0.15) is 0 Å². The molecule has 0 aromatic rings. The van der Waals surface area contributed by atoms with Gasteiger partial charge in [0.2, 0.25) is 0 Å². The van der Waals surface area contributed by atoms with E-state index in [0.29, 0.717) is 19.3 Å². The summed E-state index contributed by atoms with van der Waals surface area (Å²) in [6.45, 7) is 2.31. The summed E-state index contributed by atoms with van der Waals surface area (Å²) in [5, 5.41) is 9.00. The van der Waals surface area contributed by atoms with E-state index < -0.39 is 30.7 Å². The quantitative estimate of drug-likeness (QED) is 0.837. The summed E-state index contributed by atoms with van der Waals surface area (Å²) in [4.78, 5) is 12.3. The molecule has 0 aromatic carbocycles. The molecule has 0 saturated heterocycles. The van der Waals surface area contributed by atoms with Crippen molar-refractivity contribution in [3.63, 3.8) is 0 Å². The molecule has 1 aliphatic carbocycles. The van der Waals surface area contributed by atoms with Gasteiger partial charge in [0, 0.05) is 12.1 Å². The van der Waals surface area contributed by atoms with E-state index in [0.717, 1.165) is 0 Å². The molecule has 0 bridgehead atoms. The van der Waals surface area contributed by atoms with E-state index >= 15 is 0 Å². The summed E-state index contributed by atoms with van der Waals surface area (Å²) in [6, 6.07) is -0.796. The third-order valence-corrected chi connectivity index (χ3v) is 3.25. The van der Waals surface area contributed by atoms with Gasteiger partial charge >= 0.3 is 12.1 Å². The smallest absolute Gasteiger partial charge is 0.401 e. The maximum absolute atomic E-state index is 12.5. The number of hydrogen-bond donors (Lipinski definition) is 1. The molecule has 3 nitrogen and oxygen atoms in total. The van der Waals surface area contributed by atoms with Crippen LogP contribution < -0.4 is 0 Å². The molecule has 0 spiro atoms. The van der Waals surface area contributed by atoms with E-state index in [4.69, 9.17) is 5.11 Å². The zero-order valence-corrected chi connectivity index (χ0v) is 10.00. The molecular weight excluding hydrogens is 235 g/mol. The van der Waals surface area contributed by atoms with Gasteiger partial charge < -0.3 is 5.11 Å². The number of alkyl halides is 3. The first-order valence-electron chi connectivity index (χ1n) is 5.77. The predicted molar refractivity (Wildman–Crippen MR) is 56.7 cm³/mol. The number of aliphatic carboxylic acids is 1. The molecule has 0 aliphatic heterocycles. The van der Waals surface area contributed by atoms with E-state index in [2.05, 4.69) is 0 Å². The van der Waals surface area contributed by atoms with E-state index in [-0.39, 0.29) is 6.04 Å². The monoisotopic (exact) mass is 253 g/mol. The minimum absolute atomic E-state index is 0.304. The van der Waals surface area contributed by atoms with Crippen molar-refractivity contribution in [2.45, 2.75) is 51.4 Å². The van der Waals surface area contributed by atoms with Crippen LogP contribution in [0.25, 0.3) is 0 Å². The number of rotatable bonds is 4. The van der Waals surface area contributed by atoms with Crippen molar-refractivity contribution in [3.05, 3.63) is 0 Å². The minimum atomic E-state index is -4.28. The van der Waals surface area contributed by atoms with Crippen molar-refractivity contribution in [3.8, 4) is 0 Å². The van der Waals surface area contributed by atoms with Crippen LogP contribution in [-0.2, 0) is 4.79 Å². The summed E-state index contributed by atoms with van der Waals surface area (Å²) in [7, 11) is 0. The Kier molecular flexibility index (Phi) is 4.41. The van der Waals surface area contributed by atoms with E-state index in [1.807, 2.05) is 0 Å². The fourth-order valence-corrected chi connectivity index (χ4v) is 2.52. The molecule has 1 saturated carbocycles. The standard InChI is InChI=1S/C11H18F3NO2/c1-7(2)15(6-11(12,13)14)9-5-3-4-8(9)10(16)17/h7-9H,3-6H2,1-2H3,(H,16,17). The molecule has 6 heteroatoms. The maximum Gasteiger partial charge on any atom is 0.401 e. The Balaban J connectivity index is 2.80. The Labute approximate surface area is 98.6 Å². The summed E-state index contributed by atoms with van der Waals surface area (Å²) in [6.07, 6.45) is -2.59. The third kappa shape index (κ3) is 3.87. The Morgan fingerprint density at radius 3 is 2.41 bits per heavy atom. The van der Waals surface area contributed by atoms with Crippen LogP contribution in [0, 0.1) is 5.92 Å². The van der Waals surface area contributed by atoms with Crippen molar-refractivity contribution in [2.24, 2.45) is 5.92 Å². The number of carboxylic acid groups (broad SMARTS) is 1. The number of nitrogens with zero attached hydrogens (tertiary/aromatic N) is 1. The lowest BCUT2D eigenvalue weighted by molar-refractivity contribution is -0.162. The average Bonchev–Trinajstić information content (AvgIpc) is 2.60. The summed E-state index contributed by atoms with van der Waals surface area (Å²) in [5.74, 6) is -1.65. The molecule has 1 aliphatic rings. The van der Waals surface area contributed by atoms with E-state index in [1.54, 1.807) is 13.8 Å². The minimum Gasteiger partial charge on any atom is -0.481 e. The Bertz CT molecular complexity index is 278. The fourth-order valence-electron chi connectivity index (χ4n) is 2.52. The molecule has 0 aromatic heterocycles. The first-order chi connectivity index (χ1) is 7.72. The number of hydrogen-bond acceptors (Lipinski definition) is 2. The molecule has 0 amide bonds. The SMILES string of the molecule is CC(C)N(CC(F)(F)F)C1CCCC1C(=O)O. The second kappa shape index (κ2) is 5.25. The van der Waals surface area contributed by atoms with Crippen LogP contribution in [0.5, 0.6) is 0 Å². The van der Waals surface area contributed by atoms with Gasteiger partial charge in [0.15, 0.2) is 0 Å². The van der Waals surface area contributed by atoms with Crippen LogP contribution in [0.1, 0.15) is 33.1 Å². The van der Waals surface area contributed by atoms with Gasteiger partial charge in [0.25, 0.3) is 0 Å². The summed E-state index contributed by atoms with van der Waals surface area (Å²) >= 11 is 0. The number of carbonyl (C=O) groups is 1. The molecule has 1 fully saturated rings. The van der Waals surface area contributed by atoms with Gasteiger partial charge in [-0.1, -0.05) is 6.42 Å². The van der Waals surface area contributed by atoms with Crippen LogP contribution in [-0.4, -0.2) is 40.8 Å². The Morgan fingerprint density at radius 2 is 2.00 bits per heavy atom. The Hall–Kier alpha value is -0.780. The van der Waals surface area contributed by atoms with Gasteiger partial charge in [-0.25, -0.2) is 0 Å². The van der Waals surface area contributed by atoms with E-state index in [1.165, 1.54) is 4.90 Å². The normalized spacial score (nSPS) is 25.8. The number of carboxylic acids is 1. The molecule has 1 rings (SSSR count). The summed E-state index contributed by atoms with van der Waals surface area (Å²) in [5.41, 5.74) is 0. The zero-order chi connectivity index (χ0) is 13.2. The topological polar surface area (TPSA) is 40.5 Å². The lowest BCUT2D eigenvalue weighted by Crippen LogP contribution is -2.48. The van der Waals surface area contributed by atoms with E-state index in [9.17, 15) is 18.0 Å². The molecule has 100 valence electrons. The van der Waals surface area contributed by atoms with Gasteiger partial charge in [-0.05, 0) is 26.7 Å². The third-order valence-electron chi connectivity index (χ3n) is 3.25. The fraction of sp³-hybridized carbons (Fsp3) is 0.909. The molecule has 0 radical (unpaired) electrons. The largest absolute Gasteiger partial charge is 0.481 e. The molecule has 0 heterocycles. The van der Waals surface area contributed by atoms with Crippen LogP contribution in [0.15, 0.2) is 0 Å². The summed E-state index contributed by atoms with van der Waals surface area (Å²) < 4.78 is 37.4. The highest BCUT2D eigenvalue weighted by atomic mass is 19.4. The van der Waals surface area contributed by atoms with Crippen LogP contribution >= 0.6 is 0 Å². The Morgan fingerprint density at radius 1 is 1.41 bits per heavy atom. The van der Waals surface area contributed by atoms with Crippen LogP contribution in [0.2, 0.25) is 0 Å². The first kappa shape index (κ1) is 14.3. The van der Waals surface area contributed by atoms with Gasteiger partial charge in [-0.2, -0.15) is 13.2 Å². The van der Waals surface area contributed by atoms with Gasteiger partial charge in [-0.15, -0.1) is 0 Å². The highest BCUT2D eigenvalue weighted by molar-refractivity contribution is 5.71. The van der Waals surface area contributed by atoms with Crippen molar-refractivity contribution in [2.75, 3.05) is 6.54 Å². The molecule has 17 heavy (non-hydrogen) atoms. The molecular formula is C11H18F3NO2. The number of halogens is 3. The lowest BCUT2D eigenvalue weighted by Gasteiger charge is -2.35. The maximum atomic E-state index is 12.5. The van der Waals surface area contributed by atoms with Gasteiger partial charge in [0.05, 0.1) is 12.5 Å². The molecule has 2 atom stereocenters. The highest BCUT2D eigenvalue weighted by Gasteiger charge is 2.42. The lowest BCUT2D eigenvalue weighted by atomic mass is 10.0. The van der Waals surface area contributed by atoms with Crippen molar-refractivity contribution < 1.29 is 23.1 Å². The molecule has 1 N–H and O–H groups in total. The predicted octanol–water partition coefficient (Wildman–Crippen LogP) is 2.51.